The first-order valence-corrected chi connectivity index (χ1v) is 28.4. The van der Waals surface area contributed by atoms with Gasteiger partial charge in [-0.25, -0.2) is 0 Å². The second-order valence-electron chi connectivity index (χ2n) is 16.8. The molecular weight excluding hydrogens is 865 g/mol. The molecule has 0 bridgehead atoms. The van der Waals surface area contributed by atoms with Gasteiger partial charge in [-0.3, -0.25) is 14.7 Å². The van der Waals surface area contributed by atoms with Crippen LogP contribution >= 0.6 is 30.3 Å². The predicted octanol–water partition coefficient (Wildman–Crippen LogP) is 14.8. The van der Waals surface area contributed by atoms with Crippen molar-refractivity contribution in [2.75, 3.05) is 59.1 Å². The number of nitrogens with zero attached hydrogens (tertiary/aromatic N) is 3. The summed E-state index contributed by atoms with van der Waals surface area (Å²) in [5.74, 6) is 2.98. The van der Waals surface area contributed by atoms with E-state index in [0.29, 0.717) is 0 Å². The monoisotopic (exact) mass is 944 g/mol. The van der Waals surface area contributed by atoms with Crippen molar-refractivity contribution in [2.45, 2.75) is 156 Å². The molecule has 1 aliphatic heterocycles. The second-order valence-corrected chi connectivity index (χ2v) is 22.2. The fourth-order valence-electron chi connectivity index (χ4n) is 7.72. The molecule has 61 heavy (non-hydrogen) atoms. The molecule has 1 saturated heterocycles. The first-order chi connectivity index (χ1) is 29.9. The zero-order valence-electron chi connectivity index (χ0n) is 38.2. The molecule has 1 fully saturated rings. The summed E-state index contributed by atoms with van der Waals surface area (Å²) in [4.78, 5) is 7.95. The Morgan fingerprint density at radius 2 is 0.574 bits per heavy atom. The molecular formula is C51H81Cl3FeN3O3. The van der Waals surface area contributed by atoms with Crippen LogP contribution in [0.5, 0.6) is 17.2 Å². The van der Waals surface area contributed by atoms with Gasteiger partial charge < -0.3 is 14.2 Å². The summed E-state index contributed by atoms with van der Waals surface area (Å²) in [5.41, 5.74) is 4.06. The summed E-state index contributed by atoms with van der Waals surface area (Å²) in [7, 11) is 14.7. The predicted molar refractivity (Wildman–Crippen MR) is 259 cm³/mol. The molecule has 6 nitrogen and oxygen atoms in total. The number of hydrogen-bond acceptors (Lipinski definition) is 6. The summed E-state index contributed by atoms with van der Waals surface area (Å²) in [6.45, 7) is 18.4. The molecule has 0 spiro atoms. The van der Waals surface area contributed by atoms with Crippen LogP contribution in [0.3, 0.4) is 0 Å². The van der Waals surface area contributed by atoms with E-state index in [1.807, 2.05) is 0 Å². The summed E-state index contributed by atoms with van der Waals surface area (Å²) >= 11 is -1.33. The molecule has 1 aliphatic rings. The number of halogens is 3. The van der Waals surface area contributed by atoms with Crippen LogP contribution in [0.1, 0.15) is 153 Å². The Balaban J connectivity index is 0.00000237. The van der Waals surface area contributed by atoms with E-state index in [-0.39, 0.29) is 0 Å². The molecule has 0 aliphatic carbocycles. The van der Waals surface area contributed by atoms with E-state index in [2.05, 4.69) is 108 Å². The number of rotatable bonds is 30. The molecule has 3 aromatic rings. The van der Waals surface area contributed by atoms with E-state index in [1.165, 1.54) is 113 Å². The summed E-state index contributed by atoms with van der Waals surface area (Å²) < 4.78 is 18.3. The van der Waals surface area contributed by atoms with Gasteiger partial charge in [0.2, 0.25) is 0 Å². The van der Waals surface area contributed by atoms with Gasteiger partial charge in [-0.1, -0.05) is 153 Å². The minimum absolute atomic E-state index is 0.813. The number of ether oxygens (including phenoxy) is 3. The van der Waals surface area contributed by atoms with Crippen molar-refractivity contribution in [3.05, 3.63) is 89.5 Å². The van der Waals surface area contributed by atoms with Gasteiger partial charge in [-0.05, 0) is 72.4 Å². The summed E-state index contributed by atoms with van der Waals surface area (Å²) in [6, 6.07) is 26.6. The molecule has 0 unspecified atom stereocenters. The summed E-state index contributed by atoms with van der Waals surface area (Å²) in [6.07, 6.45) is 23.2. The van der Waals surface area contributed by atoms with Crippen LogP contribution in [0.15, 0.2) is 72.8 Å². The molecule has 1 heterocycles. The Bertz CT molecular complexity index is 1270. The van der Waals surface area contributed by atoms with Gasteiger partial charge in [0.05, 0.1) is 19.8 Å². The van der Waals surface area contributed by atoms with Gasteiger partial charge in [0.25, 0.3) is 0 Å². The van der Waals surface area contributed by atoms with Crippen LogP contribution in [0.2, 0.25) is 0 Å². The number of hydrogen-bond donors (Lipinski definition) is 0. The third-order valence-corrected chi connectivity index (χ3v) is 11.5. The Kier molecular flexibility index (Phi) is 31.4. The molecule has 0 aromatic heterocycles. The third kappa shape index (κ3) is 27.3. The van der Waals surface area contributed by atoms with Crippen LogP contribution in [0.25, 0.3) is 0 Å². The van der Waals surface area contributed by atoms with Crippen LogP contribution in [-0.4, -0.2) is 73.8 Å². The van der Waals surface area contributed by atoms with Crippen molar-refractivity contribution in [3.63, 3.8) is 0 Å². The Morgan fingerprint density at radius 1 is 0.361 bits per heavy atom. The SMILES string of the molecule is CCCCCCCCOc1ccc(CN2CCN(Cc3ccc(OCCCCCCCC)cc3)CCN(Cc3ccc(OCCCCCCCC)cc3)CC2)cc1.[Cl][Fe]([Cl])[Cl]. The standard InChI is InChI=1S/C51H81N3O3.3ClH.Fe/c1-4-7-10-13-16-19-40-55-49-28-22-46(23-29-49)43-52-34-36-53(44-47-24-30-50(31-25-47)56-41-20-17-14-11-8-5-2)38-39-54(37-35-52)45-48-26-32-51(33-27-48)57-42-21-18-15-12-9-6-3;;;;/h22-33H,4-21,34-45H2,1-3H3;3*1H;/q;;;;+3/p-3. The summed E-state index contributed by atoms with van der Waals surface area (Å²) in [5, 5.41) is 0. The third-order valence-electron chi connectivity index (χ3n) is 11.5. The van der Waals surface area contributed by atoms with Gasteiger partial charge in [-0.15, -0.1) is 0 Å². The molecule has 0 amide bonds. The molecule has 0 radical (unpaired) electrons. The van der Waals surface area contributed by atoms with Crippen molar-refractivity contribution in [1.82, 2.24) is 14.7 Å². The van der Waals surface area contributed by atoms with E-state index in [0.717, 1.165) is 115 Å². The zero-order chi connectivity index (χ0) is 43.6. The van der Waals surface area contributed by atoms with E-state index in [9.17, 15) is 0 Å². The van der Waals surface area contributed by atoms with Crippen molar-refractivity contribution < 1.29 is 25.4 Å². The first-order valence-electron chi connectivity index (χ1n) is 23.9. The number of unbranched alkanes of at least 4 members (excludes halogenated alkanes) is 15. The van der Waals surface area contributed by atoms with Gasteiger partial charge in [0.1, 0.15) is 17.2 Å². The molecule has 4 rings (SSSR count). The van der Waals surface area contributed by atoms with Crippen molar-refractivity contribution in [2.24, 2.45) is 0 Å². The Morgan fingerprint density at radius 3 is 0.803 bits per heavy atom. The molecule has 0 atom stereocenters. The normalized spacial score (nSPS) is 14.4. The fourth-order valence-corrected chi connectivity index (χ4v) is 7.72. The Labute approximate surface area is 389 Å². The van der Waals surface area contributed by atoms with E-state index >= 15 is 0 Å². The van der Waals surface area contributed by atoms with Gasteiger partial charge >= 0.3 is 41.5 Å². The fraction of sp³-hybridized carbons (Fsp3) is 0.647. The van der Waals surface area contributed by atoms with Crippen LogP contribution in [0.4, 0.5) is 0 Å². The van der Waals surface area contributed by atoms with Gasteiger partial charge in [0.15, 0.2) is 0 Å². The van der Waals surface area contributed by atoms with Crippen molar-refractivity contribution >= 4 is 30.3 Å². The molecule has 10 heteroatoms. The quantitative estimate of drug-likeness (QED) is 0.0490. The molecule has 0 saturated carbocycles. The maximum atomic E-state index is 6.11. The maximum absolute atomic E-state index is 6.11. The molecule has 347 valence electrons. The van der Waals surface area contributed by atoms with E-state index in [4.69, 9.17) is 44.5 Å². The molecule has 3 aromatic carbocycles. The Hall–Kier alpha value is -1.67. The molecule has 0 N–H and O–H groups in total. The van der Waals surface area contributed by atoms with Gasteiger partial charge in [0, 0.05) is 58.9 Å². The van der Waals surface area contributed by atoms with Crippen molar-refractivity contribution in [3.8, 4) is 17.2 Å². The van der Waals surface area contributed by atoms with Gasteiger partial charge in [-0.2, -0.15) is 0 Å². The average molecular weight is 946 g/mol. The van der Waals surface area contributed by atoms with Crippen LogP contribution in [-0.2, 0) is 30.8 Å². The topological polar surface area (TPSA) is 37.4 Å². The minimum atomic E-state index is -1.33. The second kappa shape index (κ2) is 35.7. The van der Waals surface area contributed by atoms with Crippen LogP contribution in [0, 0.1) is 0 Å². The average Bonchev–Trinajstić information content (AvgIpc) is 3.35. The first kappa shape index (κ1) is 53.7. The van der Waals surface area contributed by atoms with Crippen molar-refractivity contribution in [1.29, 1.82) is 0 Å². The van der Waals surface area contributed by atoms with E-state index < -0.39 is 11.2 Å². The zero-order valence-corrected chi connectivity index (χ0v) is 41.6. The van der Waals surface area contributed by atoms with E-state index in [1.54, 1.807) is 0 Å². The van der Waals surface area contributed by atoms with Crippen LogP contribution < -0.4 is 14.2 Å². The number of benzene rings is 3.